The number of nitrogens with zero attached hydrogens (tertiary/aromatic N) is 5. The van der Waals surface area contributed by atoms with Crippen molar-refractivity contribution in [2.75, 3.05) is 11.1 Å². The Balaban J connectivity index is 1.43. The predicted octanol–water partition coefficient (Wildman–Crippen LogP) is 0.931. The van der Waals surface area contributed by atoms with Gasteiger partial charge in [0.05, 0.1) is 0 Å². The minimum Gasteiger partial charge on any atom is -0.309 e. The number of rotatable bonds is 6. The van der Waals surface area contributed by atoms with Crippen LogP contribution < -0.4 is 5.32 Å². The fourth-order valence-corrected chi connectivity index (χ4v) is 2.58. The lowest BCUT2D eigenvalue weighted by Gasteiger charge is -2.01. The van der Waals surface area contributed by atoms with E-state index in [1.807, 2.05) is 6.07 Å². The molecule has 2 N–H and O–H groups in total. The molecule has 1 fully saturated rings. The van der Waals surface area contributed by atoms with Crippen molar-refractivity contribution in [1.29, 1.82) is 0 Å². The van der Waals surface area contributed by atoms with Crippen LogP contribution >= 0.6 is 11.8 Å². The Morgan fingerprint density at radius 3 is 3.15 bits per heavy atom. The van der Waals surface area contributed by atoms with Gasteiger partial charge in [-0.3, -0.25) is 9.89 Å². The molecule has 0 radical (unpaired) electrons. The van der Waals surface area contributed by atoms with Crippen molar-refractivity contribution in [2.45, 2.75) is 30.3 Å². The molecule has 9 heteroatoms. The molecule has 1 aliphatic carbocycles. The van der Waals surface area contributed by atoms with Crippen LogP contribution in [0.25, 0.3) is 0 Å². The van der Waals surface area contributed by atoms with Crippen LogP contribution in [-0.2, 0) is 11.8 Å². The Hall–Kier alpha value is -1.90. The molecule has 0 aliphatic heterocycles. The van der Waals surface area contributed by atoms with E-state index in [-0.39, 0.29) is 5.91 Å². The molecule has 20 heavy (non-hydrogen) atoms. The number of anilines is 1. The number of hydrogen-bond donors (Lipinski definition) is 2. The van der Waals surface area contributed by atoms with Crippen molar-refractivity contribution in [1.82, 2.24) is 30.4 Å². The van der Waals surface area contributed by atoms with Crippen LogP contribution in [0.1, 0.15) is 30.9 Å². The highest BCUT2D eigenvalue weighted by molar-refractivity contribution is 7.99. The monoisotopic (exact) mass is 293 g/mol. The van der Waals surface area contributed by atoms with Crippen LogP contribution in [0.2, 0.25) is 0 Å². The summed E-state index contributed by atoms with van der Waals surface area (Å²) in [6.07, 6.45) is 2.80. The normalized spacial score (nSPS) is 14.4. The van der Waals surface area contributed by atoms with E-state index in [4.69, 9.17) is 0 Å². The van der Waals surface area contributed by atoms with Crippen molar-refractivity contribution >= 4 is 23.5 Å². The van der Waals surface area contributed by atoms with Crippen molar-refractivity contribution in [3.63, 3.8) is 0 Å². The summed E-state index contributed by atoms with van der Waals surface area (Å²) >= 11 is 1.45. The van der Waals surface area contributed by atoms with Gasteiger partial charge in [0.1, 0.15) is 0 Å². The first-order valence-corrected chi connectivity index (χ1v) is 7.41. The molecule has 1 saturated carbocycles. The van der Waals surface area contributed by atoms with Gasteiger partial charge in [-0.2, -0.15) is 5.10 Å². The highest BCUT2D eigenvalue weighted by Crippen LogP contribution is 2.39. The highest BCUT2D eigenvalue weighted by atomic mass is 32.2. The zero-order valence-corrected chi connectivity index (χ0v) is 11.9. The van der Waals surface area contributed by atoms with Crippen molar-refractivity contribution in [3.05, 3.63) is 11.8 Å². The van der Waals surface area contributed by atoms with E-state index in [2.05, 4.69) is 31.0 Å². The molecule has 0 aromatic carbocycles. The van der Waals surface area contributed by atoms with Gasteiger partial charge in [-0.1, -0.05) is 11.8 Å². The maximum Gasteiger partial charge on any atom is 0.226 e. The van der Waals surface area contributed by atoms with Gasteiger partial charge in [-0.05, 0) is 23.3 Å². The summed E-state index contributed by atoms with van der Waals surface area (Å²) < 4.78 is 1.58. The van der Waals surface area contributed by atoms with Crippen LogP contribution in [0.15, 0.2) is 11.2 Å². The van der Waals surface area contributed by atoms with E-state index in [0.29, 0.717) is 29.1 Å². The van der Waals surface area contributed by atoms with E-state index < -0.39 is 0 Å². The number of aromatic amines is 1. The predicted molar refractivity (Wildman–Crippen MR) is 73.3 cm³/mol. The summed E-state index contributed by atoms with van der Waals surface area (Å²) in [5.74, 6) is 1.77. The summed E-state index contributed by atoms with van der Waals surface area (Å²) in [6, 6.07) is 1.91. The number of thioether (sulfide) groups is 1. The van der Waals surface area contributed by atoms with Crippen LogP contribution in [0, 0.1) is 0 Å². The van der Waals surface area contributed by atoms with E-state index in [9.17, 15) is 4.79 Å². The second kappa shape index (κ2) is 5.61. The van der Waals surface area contributed by atoms with Gasteiger partial charge >= 0.3 is 0 Å². The molecule has 106 valence electrons. The zero-order valence-electron chi connectivity index (χ0n) is 11.0. The number of amides is 1. The molecular formula is C11H15N7OS. The van der Waals surface area contributed by atoms with Gasteiger partial charge in [0, 0.05) is 36.9 Å². The van der Waals surface area contributed by atoms with E-state index in [1.165, 1.54) is 24.6 Å². The Morgan fingerprint density at radius 2 is 2.45 bits per heavy atom. The fourth-order valence-electron chi connectivity index (χ4n) is 1.79. The molecule has 2 aromatic heterocycles. The number of aromatic nitrogens is 6. The van der Waals surface area contributed by atoms with Crippen molar-refractivity contribution in [2.24, 2.45) is 7.05 Å². The van der Waals surface area contributed by atoms with Gasteiger partial charge in [-0.25, -0.2) is 4.68 Å². The minimum absolute atomic E-state index is 0.0542. The van der Waals surface area contributed by atoms with E-state index in [1.54, 1.807) is 11.7 Å². The molecule has 0 unspecified atom stereocenters. The highest BCUT2D eigenvalue weighted by Gasteiger charge is 2.25. The Labute approximate surface area is 119 Å². The van der Waals surface area contributed by atoms with Crippen LogP contribution in [-0.4, -0.2) is 42.1 Å². The SMILES string of the molecule is Cn1nnnc1SCCC(=O)Nc1cc(C2CC2)[nH]n1. The molecule has 8 nitrogen and oxygen atoms in total. The van der Waals surface area contributed by atoms with Gasteiger partial charge in [0.2, 0.25) is 11.1 Å². The lowest BCUT2D eigenvalue weighted by atomic mass is 10.3. The average molecular weight is 293 g/mol. The molecule has 2 aromatic rings. The molecule has 1 aliphatic rings. The molecular weight excluding hydrogens is 278 g/mol. The topological polar surface area (TPSA) is 101 Å². The summed E-state index contributed by atoms with van der Waals surface area (Å²) in [5.41, 5.74) is 1.11. The molecule has 2 heterocycles. The Morgan fingerprint density at radius 1 is 1.60 bits per heavy atom. The smallest absolute Gasteiger partial charge is 0.226 e. The van der Waals surface area contributed by atoms with Crippen molar-refractivity contribution in [3.8, 4) is 0 Å². The van der Waals surface area contributed by atoms with Crippen molar-refractivity contribution < 1.29 is 4.79 Å². The van der Waals surface area contributed by atoms with E-state index >= 15 is 0 Å². The number of hydrogen-bond acceptors (Lipinski definition) is 6. The largest absolute Gasteiger partial charge is 0.309 e. The molecule has 0 saturated heterocycles. The number of carbonyl (C=O) groups excluding carboxylic acids is 1. The summed E-state index contributed by atoms with van der Waals surface area (Å²) in [5, 5.41) is 21.6. The first-order valence-electron chi connectivity index (χ1n) is 6.42. The van der Waals surface area contributed by atoms with Gasteiger partial charge < -0.3 is 5.32 Å². The standard InChI is InChI=1S/C11H15N7OS/c1-18-11(15-16-17-18)20-5-4-10(19)12-9-6-8(13-14-9)7-2-3-7/h6-7H,2-5H2,1H3,(H2,12,13,14,19). The van der Waals surface area contributed by atoms with Crippen LogP contribution in [0.5, 0.6) is 0 Å². The van der Waals surface area contributed by atoms with Gasteiger partial charge in [-0.15, -0.1) is 5.10 Å². The molecule has 3 rings (SSSR count). The van der Waals surface area contributed by atoms with Crippen LogP contribution in [0.4, 0.5) is 5.82 Å². The van der Waals surface area contributed by atoms with E-state index in [0.717, 1.165) is 5.69 Å². The van der Waals surface area contributed by atoms with Gasteiger partial charge in [0.25, 0.3) is 0 Å². The molecule has 0 atom stereocenters. The molecule has 1 amide bonds. The lowest BCUT2D eigenvalue weighted by Crippen LogP contribution is -2.12. The number of nitrogens with one attached hydrogen (secondary N) is 2. The zero-order chi connectivity index (χ0) is 13.9. The van der Waals surface area contributed by atoms with Gasteiger partial charge in [0.15, 0.2) is 5.82 Å². The third-order valence-corrected chi connectivity index (χ3v) is 4.04. The second-order valence-corrected chi connectivity index (χ2v) is 5.78. The summed E-state index contributed by atoms with van der Waals surface area (Å²) in [4.78, 5) is 11.8. The minimum atomic E-state index is -0.0542. The fraction of sp³-hybridized carbons (Fsp3) is 0.545. The quantitative estimate of drug-likeness (QED) is 0.768. The molecule has 0 spiro atoms. The lowest BCUT2D eigenvalue weighted by molar-refractivity contribution is -0.115. The second-order valence-electron chi connectivity index (χ2n) is 4.71. The number of tetrazole rings is 1. The maximum absolute atomic E-state index is 11.8. The number of aryl methyl sites for hydroxylation is 1. The molecule has 0 bridgehead atoms. The third kappa shape index (κ3) is 3.16. The summed E-state index contributed by atoms with van der Waals surface area (Å²) in [6.45, 7) is 0. The number of carbonyl (C=O) groups is 1. The average Bonchev–Trinajstić information content (AvgIpc) is 3.05. The third-order valence-electron chi connectivity index (χ3n) is 3.02. The first kappa shape index (κ1) is 13.1. The maximum atomic E-state index is 11.8. The van der Waals surface area contributed by atoms with Crippen LogP contribution in [0.3, 0.4) is 0 Å². The summed E-state index contributed by atoms with van der Waals surface area (Å²) in [7, 11) is 1.77. The number of H-pyrrole nitrogens is 1. The first-order chi connectivity index (χ1) is 9.72. The Bertz CT molecular complexity index is 603. The Kier molecular flexibility index (Phi) is 3.68.